The van der Waals surface area contributed by atoms with E-state index < -0.39 is 11.4 Å². The van der Waals surface area contributed by atoms with Crippen LogP contribution in [0.2, 0.25) is 0 Å². The van der Waals surface area contributed by atoms with Crippen LogP contribution in [0, 0.1) is 5.92 Å². The van der Waals surface area contributed by atoms with Crippen molar-refractivity contribution < 1.29 is 14.7 Å². The van der Waals surface area contributed by atoms with Crippen molar-refractivity contribution in [2.45, 2.75) is 37.6 Å². The van der Waals surface area contributed by atoms with E-state index in [9.17, 15) is 14.7 Å². The smallest absolute Gasteiger partial charge is 0.335 e. The molecule has 5 nitrogen and oxygen atoms in total. The maximum atomic E-state index is 14.1. The van der Waals surface area contributed by atoms with Crippen LogP contribution in [0.15, 0.2) is 72.8 Å². The lowest BCUT2D eigenvalue weighted by molar-refractivity contribution is -0.121. The molecule has 0 bridgehead atoms. The lowest BCUT2D eigenvalue weighted by atomic mass is 9.75. The number of rotatable bonds is 5. The van der Waals surface area contributed by atoms with E-state index in [0.29, 0.717) is 12.2 Å². The Bertz CT molecular complexity index is 1230. The third-order valence-electron chi connectivity index (χ3n) is 7.37. The van der Waals surface area contributed by atoms with Crippen molar-refractivity contribution in [3.8, 4) is 0 Å². The zero-order valence-electron chi connectivity index (χ0n) is 18.2. The molecule has 0 aromatic heterocycles. The van der Waals surface area contributed by atoms with Crippen LogP contribution in [0.5, 0.6) is 0 Å². The van der Waals surface area contributed by atoms with Gasteiger partial charge in [0.25, 0.3) is 0 Å². The van der Waals surface area contributed by atoms with Crippen molar-refractivity contribution >= 4 is 23.3 Å². The van der Waals surface area contributed by atoms with E-state index in [-0.39, 0.29) is 22.8 Å². The first-order valence-electron chi connectivity index (χ1n) is 10.9. The zero-order chi connectivity index (χ0) is 22.7. The Labute approximate surface area is 187 Å². The lowest BCUT2D eigenvalue weighted by Gasteiger charge is -2.27. The molecule has 5 rings (SSSR count). The monoisotopic (exact) mass is 426 g/mol. The van der Waals surface area contributed by atoms with Gasteiger partial charge in [-0.05, 0) is 59.4 Å². The Kier molecular flexibility index (Phi) is 4.41. The topological polar surface area (TPSA) is 83.6 Å². The summed E-state index contributed by atoms with van der Waals surface area (Å²) in [6.45, 7) is 4.70. The van der Waals surface area contributed by atoms with Crippen molar-refractivity contribution in [3.05, 3.63) is 95.1 Å². The average Bonchev–Trinajstić information content (AvgIpc) is 3.45. The number of anilines is 2. The Morgan fingerprint density at radius 2 is 1.78 bits per heavy atom. The molecule has 2 atom stereocenters. The van der Waals surface area contributed by atoms with Gasteiger partial charge in [-0.25, -0.2) is 4.79 Å². The molecule has 0 saturated heterocycles. The summed E-state index contributed by atoms with van der Waals surface area (Å²) in [4.78, 5) is 27.4. The quantitative estimate of drug-likeness (QED) is 0.577. The van der Waals surface area contributed by atoms with Crippen LogP contribution in [0.3, 0.4) is 0 Å². The van der Waals surface area contributed by atoms with Crippen molar-refractivity contribution in [1.82, 2.24) is 0 Å². The molecule has 3 N–H and O–H groups in total. The molecule has 3 aromatic rings. The summed E-state index contributed by atoms with van der Waals surface area (Å²) in [6.07, 6.45) is 0.753. The van der Waals surface area contributed by atoms with Crippen LogP contribution in [0.4, 0.5) is 11.4 Å². The number of nitrogens with two attached hydrogens (primary N) is 1. The molecule has 0 radical (unpaired) electrons. The summed E-state index contributed by atoms with van der Waals surface area (Å²) in [5.41, 5.74) is 9.87. The van der Waals surface area contributed by atoms with Crippen molar-refractivity contribution in [1.29, 1.82) is 0 Å². The minimum Gasteiger partial charge on any atom is -0.478 e. The molecular weight excluding hydrogens is 400 g/mol. The zero-order valence-corrected chi connectivity index (χ0v) is 18.2. The molecule has 1 fully saturated rings. The van der Waals surface area contributed by atoms with Gasteiger partial charge in [0.15, 0.2) is 0 Å². The van der Waals surface area contributed by atoms with Gasteiger partial charge in [-0.1, -0.05) is 56.3 Å². The number of nitrogen functional groups attached to an aromatic ring is 1. The Balaban J connectivity index is 1.60. The number of carbonyl (C=O) groups excluding carboxylic acids is 1. The fraction of sp³-hybridized carbons (Fsp3) is 0.259. The highest BCUT2D eigenvalue weighted by Gasteiger charge is 2.77. The van der Waals surface area contributed by atoms with E-state index in [1.807, 2.05) is 41.3 Å². The number of nitrogens with zero attached hydrogens (tertiary/aromatic N) is 1. The largest absolute Gasteiger partial charge is 0.478 e. The van der Waals surface area contributed by atoms with Crippen molar-refractivity contribution in [2.24, 2.45) is 5.92 Å². The van der Waals surface area contributed by atoms with Gasteiger partial charge < -0.3 is 15.7 Å². The number of amides is 1. The number of fused-ring (bicyclic) bond motifs is 2. The van der Waals surface area contributed by atoms with E-state index in [1.165, 1.54) is 0 Å². The van der Waals surface area contributed by atoms with Crippen molar-refractivity contribution in [3.63, 3.8) is 0 Å². The van der Waals surface area contributed by atoms with Gasteiger partial charge in [-0.2, -0.15) is 0 Å². The van der Waals surface area contributed by atoms with Gasteiger partial charge >= 0.3 is 5.97 Å². The number of hydrogen-bond donors (Lipinski definition) is 2. The van der Waals surface area contributed by atoms with Gasteiger partial charge in [0.05, 0.1) is 17.5 Å². The number of carboxylic acids is 1. The van der Waals surface area contributed by atoms with E-state index in [1.54, 1.807) is 18.2 Å². The van der Waals surface area contributed by atoms with Crippen LogP contribution < -0.4 is 10.6 Å². The standard InChI is InChI=1S/C27H26N2O3/c1-17(2)26(20-10-12-21(28)13-11-20)16-27(26)22-8-3-4-9-23(22)29(25(27)32)15-18-6-5-7-19(14-18)24(30)31/h3-14,17H,15-16,28H2,1-2H3,(H,30,31)/t26-,27-/m1/s1. The molecule has 1 heterocycles. The molecule has 1 saturated carbocycles. The first-order valence-corrected chi connectivity index (χ1v) is 10.9. The van der Waals surface area contributed by atoms with Crippen molar-refractivity contribution in [2.75, 3.05) is 10.6 Å². The summed E-state index contributed by atoms with van der Waals surface area (Å²) in [5.74, 6) is -0.635. The Hall–Kier alpha value is -3.60. The van der Waals surface area contributed by atoms with E-state index in [4.69, 9.17) is 5.73 Å². The molecule has 1 amide bonds. The molecule has 5 heteroatoms. The predicted molar refractivity (Wildman–Crippen MR) is 125 cm³/mol. The maximum absolute atomic E-state index is 14.1. The minimum atomic E-state index is -0.971. The first-order chi connectivity index (χ1) is 15.3. The van der Waals surface area contributed by atoms with E-state index in [2.05, 4.69) is 32.0 Å². The molecular formula is C27H26N2O3. The third kappa shape index (κ3) is 2.63. The van der Waals surface area contributed by atoms with E-state index in [0.717, 1.165) is 28.8 Å². The number of carbonyl (C=O) groups is 2. The fourth-order valence-corrected chi connectivity index (χ4v) is 5.80. The summed E-state index contributed by atoms with van der Waals surface area (Å²) in [6, 6.07) is 22.8. The molecule has 162 valence electrons. The minimum absolute atomic E-state index is 0.0879. The number of para-hydroxylation sites is 1. The highest BCUT2D eigenvalue weighted by atomic mass is 16.4. The highest BCUT2D eigenvalue weighted by molar-refractivity contribution is 6.12. The highest BCUT2D eigenvalue weighted by Crippen LogP contribution is 2.73. The summed E-state index contributed by atoms with van der Waals surface area (Å²) in [7, 11) is 0. The second-order valence-electron chi connectivity index (χ2n) is 9.24. The molecule has 32 heavy (non-hydrogen) atoms. The van der Waals surface area contributed by atoms with Crippen LogP contribution in [-0.4, -0.2) is 17.0 Å². The number of carboxylic acid groups (broad SMARTS) is 1. The second-order valence-corrected chi connectivity index (χ2v) is 9.24. The van der Waals surface area contributed by atoms with Gasteiger partial charge in [0.1, 0.15) is 0 Å². The summed E-state index contributed by atoms with van der Waals surface area (Å²) in [5, 5.41) is 9.36. The van der Waals surface area contributed by atoms with Gasteiger partial charge in [-0.15, -0.1) is 0 Å². The average molecular weight is 427 g/mol. The Morgan fingerprint density at radius 3 is 2.47 bits per heavy atom. The first kappa shape index (κ1) is 20.3. The van der Waals surface area contributed by atoms with Crippen LogP contribution in [-0.2, 0) is 22.2 Å². The molecule has 1 aliphatic carbocycles. The lowest BCUT2D eigenvalue weighted by Crippen LogP contribution is -2.38. The molecule has 0 unspecified atom stereocenters. The van der Waals surface area contributed by atoms with Crippen LogP contribution in [0.1, 0.15) is 47.3 Å². The fourth-order valence-electron chi connectivity index (χ4n) is 5.80. The molecule has 2 aliphatic rings. The summed E-state index contributed by atoms with van der Waals surface area (Å²) >= 11 is 0. The third-order valence-corrected chi connectivity index (χ3v) is 7.37. The predicted octanol–water partition coefficient (Wildman–Crippen LogP) is 4.75. The number of benzene rings is 3. The number of aromatic carboxylic acids is 1. The normalized spacial score (nSPS) is 23.6. The Morgan fingerprint density at radius 1 is 1.06 bits per heavy atom. The maximum Gasteiger partial charge on any atom is 0.335 e. The second kappa shape index (κ2) is 6.95. The van der Waals surface area contributed by atoms with Gasteiger partial charge in [-0.3, -0.25) is 4.79 Å². The van der Waals surface area contributed by atoms with Gasteiger partial charge in [0, 0.05) is 16.8 Å². The SMILES string of the molecule is CC(C)[C@@]1(c2ccc(N)cc2)C[C@@]12C(=O)N(Cc1cccc(C(=O)O)c1)c1ccccc12. The molecule has 1 spiro atoms. The molecule has 1 aliphatic heterocycles. The van der Waals surface area contributed by atoms with Gasteiger partial charge in [0.2, 0.25) is 5.91 Å². The van der Waals surface area contributed by atoms with Crippen LogP contribution in [0.25, 0.3) is 0 Å². The number of hydrogen-bond acceptors (Lipinski definition) is 3. The molecule has 3 aromatic carbocycles. The van der Waals surface area contributed by atoms with E-state index >= 15 is 0 Å². The summed E-state index contributed by atoms with van der Waals surface area (Å²) < 4.78 is 0. The van der Waals surface area contributed by atoms with Crippen LogP contribution >= 0.6 is 0 Å².